The summed E-state index contributed by atoms with van der Waals surface area (Å²) in [6, 6.07) is 5.60. The molecule has 0 atom stereocenters. The Hall–Kier alpha value is -1.23. The number of hydrogen-bond acceptors (Lipinski definition) is 4. The van der Waals surface area contributed by atoms with Crippen LogP contribution in [0.25, 0.3) is 0 Å². The maximum absolute atomic E-state index is 8.24. The lowest BCUT2D eigenvalue weighted by Gasteiger charge is -1.97. The Labute approximate surface area is 74.5 Å². The van der Waals surface area contributed by atoms with Crippen LogP contribution in [0.3, 0.4) is 0 Å². The normalized spacial score (nSPS) is 11.5. The van der Waals surface area contributed by atoms with Gasteiger partial charge in [0.05, 0.1) is 10.8 Å². The predicted octanol–water partition coefficient (Wildman–Crippen LogP) is 0.920. The van der Waals surface area contributed by atoms with Crippen molar-refractivity contribution in [3.05, 3.63) is 24.4 Å². The fourth-order valence-corrected chi connectivity index (χ4v) is 1.27. The van der Waals surface area contributed by atoms with E-state index < -0.39 is 0 Å². The number of nitrogens with zero attached hydrogens (tertiary/aromatic N) is 2. The fraction of sp³-hybridized carbons (Fsp3) is 0.143. The molecule has 1 aromatic rings. The standard InChI is InChI=1S/C7H9N3OS/c8-6(10-11)5-12-7-3-1-2-4-9-7/h1-4,11H,5H2,(H2,8,10). The molecule has 12 heavy (non-hydrogen) atoms. The first kappa shape index (κ1) is 8.86. The highest BCUT2D eigenvalue weighted by atomic mass is 32.2. The second-order valence-corrected chi connectivity index (χ2v) is 3.04. The molecule has 1 aromatic heterocycles. The number of rotatable bonds is 3. The van der Waals surface area contributed by atoms with E-state index in [-0.39, 0.29) is 5.84 Å². The van der Waals surface area contributed by atoms with Crippen LogP contribution < -0.4 is 5.73 Å². The van der Waals surface area contributed by atoms with Gasteiger partial charge in [-0.05, 0) is 12.1 Å². The highest BCUT2D eigenvalue weighted by molar-refractivity contribution is 7.99. The van der Waals surface area contributed by atoms with Gasteiger partial charge in [-0.1, -0.05) is 23.0 Å². The molecule has 0 aliphatic rings. The van der Waals surface area contributed by atoms with Crippen molar-refractivity contribution in [1.29, 1.82) is 0 Å². The minimum absolute atomic E-state index is 0.200. The van der Waals surface area contributed by atoms with Gasteiger partial charge >= 0.3 is 0 Å². The van der Waals surface area contributed by atoms with Gasteiger partial charge in [-0.15, -0.1) is 0 Å². The summed E-state index contributed by atoms with van der Waals surface area (Å²) in [5.41, 5.74) is 5.27. The Morgan fingerprint density at radius 2 is 2.50 bits per heavy atom. The lowest BCUT2D eigenvalue weighted by atomic mass is 10.5. The fourth-order valence-electron chi connectivity index (χ4n) is 0.609. The molecule has 0 bridgehead atoms. The highest BCUT2D eigenvalue weighted by Crippen LogP contribution is 2.12. The molecule has 0 aliphatic heterocycles. The van der Waals surface area contributed by atoms with E-state index in [1.54, 1.807) is 6.20 Å². The summed E-state index contributed by atoms with van der Waals surface area (Å²) in [7, 11) is 0. The first-order valence-electron chi connectivity index (χ1n) is 3.33. The number of hydrogen-bond donors (Lipinski definition) is 2. The lowest BCUT2D eigenvalue weighted by Crippen LogP contribution is -2.14. The molecule has 0 aliphatic carbocycles. The molecule has 5 heteroatoms. The average molecular weight is 183 g/mol. The van der Waals surface area contributed by atoms with Crippen molar-refractivity contribution in [2.45, 2.75) is 5.03 Å². The molecule has 3 N–H and O–H groups in total. The Balaban J connectivity index is 2.44. The lowest BCUT2D eigenvalue weighted by molar-refractivity contribution is 0.318. The van der Waals surface area contributed by atoms with Gasteiger partial charge in [-0.3, -0.25) is 0 Å². The van der Waals surface area contributed by atoms with E-state index in [2.05, 4.69) is 10.1 Å². The molecule has 4 nitrogen and oxygen atoms in total. The summed E-state index contributed by atoms with van der Waals surface area (Å²) in [5.74, 6) is 0.652. The van der Waals surface area contributed by atoms with Crippen LogP contribution in [0, 0.1) is 0 Å². The molecule has 0 unspecified atom stereocenters. The van der Waals surface area contributed by atoms with E-state index in [0.717, 1.165) is 5.03 Å². The summed E-state index contributed by atoms with van der Waals surface area (Å²) in [4.78, 5) is 4.06. The second kappa shape index (κ2) is 4.61. The Bertz CT molecular complexity index is 263. The van der Waals surface area contributed by atoms with E-state index in [1.165, 1.54) is 11.8 Å². The maximum atomic E-state index is 8.24. The number of aromatic nitrogens is 1. The summed E-state index contributed by atoms with van der Waals surface area (Å²) >= 11 is 1.43. The van der Waals surface area contributed by atoms with Crippen LogP contribution in [0.5, 0.6) is 0 Å². The summed E-state index contributed by atoms with van der Waals surface area (Å²) in [5, 5.41) is 12.0. The van der Waals surface area contributed by atoms with Gasteiger partial charge in [0.1, 0.15) is 5.84 Å². The maximum Gasteiger partial charge on any atom is 0.149 e. The van der Waals surface area contributed by atoms with Crippen LogP contribution in [-0.2, 0) is 0 Å². The SMILES string of the molecule is N/C(CSc1ccccn1)=N/O. The van der Waals surface area contributed by atoms with Crippen LogP contribution in [0.2, 0.25) is 0 Å². The zero-order chi connectivity index (χ0) is 8.81. The molecule has 64 valence electrons. The van der Waals surface area contributed by atoms with Crippen LogP contribution in [-0.4, -0.2) is 21.8 Å². The average Bonchev–Trinajstić information content (AvgIpc) is 2.16. The third kappa shape index (κ3) is 2.79. The minimum Gasteiger partial charge on any atom is -0.409 e. The van der Waals surface area contributed by atoms with Crippen LogP contribution in [0.4, 0.5) is 0 Å². The molecule has 0 aromatic carbocycles. The molecule has 0 saturated heterocycles. The second-order valence-electron chi connectivity index (χ2n) is 2.05. The van der Waals surface area contributed by atoms with Gasteiger partial charge in [-0.2, -0.15) is 0 Å². The Kier molecular flexibility index (Phi) is 3.40. The first-order chi connectivity index (χ1) is 5.83. The van der Waals surface area contributed by atoms with Crippen molar-refractivity contribution < 1.29 is 5.21 Å². The van der Waals surface area contributed by atoms with Crippen molar-refractivity contribution in [1.82, 2.24) is 4.98 Å². The number of amidine groups is 1. The van der Waals surface area contributed by atoms with E-state index >= 15 is 0 Å². The van der Waals surface area contributed by atoms with Gasteiger partial charge in [0.25, 0.3) is 0 Å². The molecule has 1 rings (SSSR count). The van der Waals surface area contributed by atoms with Gasteiger partial charge < -0.3 is 10.9 Å². The predicted molar refractivity (Wildman–Crippen MR) is 48.4 cm³/mol. The highest BCUT2D eigenvalue weighted by Gasteiger charge is 1.96. The van der Waals surface area contributed by atoms with Crippen LogP contribution in [0.15, 0.2) is 34.6 Å². The molecular weight excluding hydrogens is 174 g/mol. The molecule has 1 heterocycles. The largest absolute Gasteiger partial charge is 0.409 e. The van der Waals surface area contributed by atoms with Gasteiger partial charge in [0.15, 0.2) is 0 Å². The molecular formula is C7H9N3OS. The van der Waals surface area contributed by atoms with Crippen molar-refractivity contribution in [3.63, 3.8) is 0 Å². The van der Waals surface area contributed by atoms with Crippen molar-refractivity contribution in [2.75, 3.05) is 5.75 Å². The molecule has 0 radical (unpaired) electrons. The Morgan fingerprint density at radius 1 is 1.67 bits per heavy atom. The van der Waals surface area contributed by atoms with Gasteiger partial charge in [0.2, 0.25) is 0 Å². The zero-order valence-corrected chi connectivity index (χ0v) is 7.16. The van der Waals surface area contributed by atoms with E-state index in [4.69, 9.17) is 10.9 Å². The first-order valence-corrected chi connectivity index (χ1v) is 4.31. The summed E-state index contributed by atoms with van der Waals surface area (Å²) in [6.07, 6.45) is 1.70. The van der Waals surface area contributed by atoms with Crippen LogP contribution >= 0.6 is 11.8 Å². The van der Waals surface area contributed by atoms with Gasteiger partial charge in [0, 0.05) is 6.20 Å². The molecule has 0 amide bonds. The minimum atomic E-state index is 0.200. The number of oxime groups is 1. The topological polar surface area (TPSA) is 71.5 Å². The summed E-state index contributed by atoms with van der Waals surface area (Å²) < 4.78 is 0. The van der Waals surface area contributed by atoms with E-state index in [1.807, 2.05) is 18.2 Å². The zero-order valence-electron chi connectivity index (χ0n) is 6.34. The third-order valence-corrected chi connectivity index (χ3v) is 2.11. The monoisotopic (exact) mass is 183 g/mol. The third-order valence-electron chi connectivity index (χ3n) is 1.13. The quantitative estimate of drug-likeness (QED) is 0.240. The number of thioether (sulfide) groups is 1. The molecule has 0 saturated carbocycles. The Morgan fingerprint density at radius 3 is 3.08 bits per heavy atom. The van der Waals surface area contributed by atoms with Gasteiger partial charge in [-0.25, -0.2) is 4.98 Å². The summed E-state index contributed by atoms with van der Waals surface area (Å²) in [6.45, 7) is 0. The number of nitrogens with two attached hydrogens (primary N) is 1. The van der Waals surface area contributed by atoms with Crippen LogP contribution in [0.1, 0.15) is 0 Å². The van der Waals surface area contributed by atoms with E-state index in [0.29, 0.717) is 5.75 Å². The van der Waals surface area contributed by atoms with E-state index in [9.17, 15) is 0 Å². The molecule has 0 fully saturated rings. The molecule has 0 spiro atoms. The van der Waals surface area contributed by atoms with Crippen molar-refractivity contribution >= 4 is 17.6 Å². The van der Waals surface area contributed by atoms with Crippen molar-refractivity contribution in [2.24, 2.45) is 10.9 Å². The van der Waals surface area contributed by atoms with Crippen molar-refractivity contribution in [3.8, 4) is 0 Å². The smallest absolute Gasteiger partial charge is 0.149 e. The number of pyridine rings is 1.